The van der Waals surface area contributed by atoms with Gasteiger partial charge in [-0.1, -0.05) is 29.3 Å². The number of nitrogen functional groups attached to an aromatic ring is 1. The molecule has 1 aromatic heterocycles. The van der Waals surface area contributed by atoms with Gasteiger partial charge in [0, 0.05) is 6.20 Å². The third-order valence-corrected chi connectivity index (χ3v) is 3.02. The van der Waals surface area contributed by atoms with Crippen LogP contribution in [0.25, 0.3) is 0 Å². The molecule has 0 atom stereocenters. The number of nitrogens with two attached hydrogens (primary N) is 1. The third kappa shape index (κ3) is 2.98. The van der Waals surface area contributed by atoms with Crippen molar-refractivity contribution in [1.82, 2.24) is 4.98 Å². The number of anilines is 2. The summed E-state index contributed by atoms with van der Waals surface area (Å²) in [6, 6.07) is 5.66. The minimum Gasteiger partial charge on any atom is -0.319 e. The Labute approximate surface area is 123 Å². The van der Waals surface area contributed by atoms with Crippen molar-refractivity contribution in [2.75, 3.05) is 10.7 Å². The van der Waals surface area contributed by atoms with Gasteiger partial charge in [-0.25, -0.2) is 15.2 Å². The number of nitrogens with one attached hydrogen (secondary N) is 2. The Kier molecular flexibility index (Phi) is 4.39. The second-order valence-corrected chi connectivity index (χ2v) is 4.57. The van der Waals surface area contributed by atoms with Crippen LogP contribution < -0.4 is 16.6 Å². The number of rotatable bonds is 3. The topological polar surface area (TPSA) is 80.0 Å². The van der Waals surface area contributed by atoms with E-state index in [1.807, 2.05) is 0 Å². The molecule has 0 aliphatic carbocycles. The van der Waals surface area contributed by atoms with Crippen LogP contribution in [0.1, 0.15) is 10.4 Å². The van der Waals surface area contributed by atoms with Crippen molar-refractivity contribution in [3.05, 3.63) is 51.9 Å². The minimum atomic E-state index is -0.707. The molecule has 4 N–H and O–H groups in total. The lowest BCUT2D eigenvalue weighted by molar-refractivity contribution is 0.102. The minimum absolute atomic E-state index is 0.0281. The number of carbonyl (C=O) groups is 1. The maximum Gasteiger partial charge on any atom is 0.257 e. The number of halogens is 3. The van der Waals surface area contributed by atoms with E-state index >= 15 is 0 Å². The van der Waals surface area contributed by atoms with Crippen LogP contribution in [-0.4, -0.2) is 10.9 Å². The molecule has 0 saturated carbocycles. The predicted octanol–water partition coefficient (Wildman–Crippen LogP) is 3.07. The molecule has 0 bridgehead atoms. The summed E-state index contributed by atoms with van der Waals surface area (Å²) in [4.78, 5) is 15.8. The van der Waals surface area contributed by atoms with E-state index in [0.717, 1.165) is 0 Å². The Morgan fingerprint density at radius 2 is 2.05 bits per heavy atom. The zero-order valence-corrected chi connectivity index (χ0v) is 11.5. The van der Waals surface area contributed by atoms with E-state index in [2.05, 4.69) is 15.7 Å². The molecule has 0 unspecified atom stereocenters. The molecule has 8 heteroatoms. The fourth-order valence-corrected chi connectivity index (χ4v) is 1.86. The molecule has 2 aromatic rings. The first-order valence-corrected chi connectivity index (χ1v) is 6.16. The average molecular weight is 315 g/mol. The van der Waals surface area contributed by atoms with Gasteiger partial charge in [0.1, 0.15) is 0 Å². The summed E-state index contributed by atoms with van der Waals surface area (Å²) in [7, 11) is 0. The summed E-state index contributed by atoms with van der Waals surface area (Å²) >= 11 is 11.5. The van der Waals surface area contributed by atoms with Crippen LogP contribution >= 0.6 is 23.2 Å². The second-order valence-electron chi connectivity index (χ2n) is 3.75. The molecule has 0 aliphatic heterocycles. The highest BCUT2D eigenvalue weighted by Gasteiger charge is 2.13. The Hall–Kier alpha value is -1.89. The summed E-state index contributed by atoms with van der Waals surface area (Å²) in [5, 5.41) is 2.47. The number of amides is 1. The summed E-state index contributed by atoms with van der Waals surface area (Å²) < 4.78 is 13.7. The molecule has 0 radical (unpaired) electrons. The van der Waals surface area contributed by atoms with Gasteiger partial charge in [-0.05, 0) is 18.2 Å². The van der Waals surface area contributed by atoms with Gasteiger partial charge >= 0.3 is 0 Å². The lowest BCUT2D eigenvalue weighted by Crippen LogP contribution is -2.15. The first kappa shape index (κ1) is 14.5. The van der Waals surface area contributed by atoms with Crippen LogP contribution in [0.4, 0.5) is 15.9 Å². The van der Waals surface area contributed by atoms with Crippen molar-refractivity contribution >= 4 is 40.6 Å². The summed E-state index contributed by atoms with van der Waals surface area (Å²) in [5.41, 5.74) is 2.41. The van der Waals surface area contributed by atoms with Gasteiger partial charge in [0.15, 0.2) is 11.6 Å². The van der Waals surface area contributed by atoms with Crippen LogP contribution in [0.15, 0.2) is 30.5 Å². The molecule has 0 fully saturated rings. The standard InChI is InChI=1S/C12H9Cl2FN4O/c13-7-2-1-3-9(10(7)15)18-12(20)6-4-8(14)11(19-16)17-5-6/h1-5H,16H2,(H,17,19)(H,18,20). The van der Waals surface area contributed by atoms with E-state index in [9.17, 15) is 9.18 Å². The molecule has 0 spiro atoms. The Morgan fingerprint density at radius 1 is 1.30 bits per heavy atom. The maximum absolute atomic E-state index is 13.7. The summed E-state index contributed by atoms with van der Waals surface area (Å²) in [5.74, 6) is 4.14. The molecule has 1 aromatic carbocycles. The summed E-state index contributed by atoms with van der Waals surface area (Å²) in [6.45, 7) is 0. The van der Waals surface area contributed by atoms with Crippen molar-refractivity contribution in [3.8, 4) is 0 Å². The quantitative estimate of drug-likeness (QED) is 0.601. The number of hydrogen-bond donors (Lipinski definition) is 3. The molecule has 0 aliphatic rings. The number of hydrogen-bond acceptors (Lipinski definition) is 4. The number of aromatic nitrogens is 1. The molecule has 20 heavy (non-hydrogen) atoms. The summed E-state index contributed by atoms with van der Waals surface area (Å²) in [6.07, 6.45) is 1.26. The van der Waals surface area contributed by atoms with E-state index in [4.69, 9.17) is 29.0 Å². The van der Waals surface area contributed by atoms with Crippen molar-refractivity contribution in [2.24, 2.45) is 5.84 Å². The van der Waals surface area contributed by atoms with Crippen LogP contribution in [0, 0.1) is 5.82 Å². The number of benzene rings is 1. The number of carbonyl (C=O) groups excluding carboxylic acids is 1. The number of nitrogens with zero attached hydrogens (tertiary/aromatic N) is 1. The van der Waals surface area contributed by atoms with Crippen LogP contribution in [0.5, 0.6) is 0 Å². The Bertz CT molecular complexity index is 666. The zero-order valence-electron chi connectivity index (χ0n) is 9.95. The van der Waals surface area contributed by atoms with E-state index in [1.165, 1.54) is 30.5 Å². The van der Waals surface area contributed by atoms with Gasteiger partial charge in [0.2, 0.25) is 0 Å². The van der Waals surface area contributed by atoms with Crippen LogP contribution in [-0.2, 0) is 0 Å². The highest BCUT2D eigenvalue weighted by Crippen LogP contribution is 2.23. The number of hydrazine groups is 1. The van der Waals surface area contributed by atoms with Gasteiger partial charge in [0.25, 0.3) is 5.91 Å². The Morgan fingerprint density at radius 3 is 2.70 bits per heavy atom. The second kappa shape index (κ2) is 6.04. The molecular formula is C12H9Cl2FN4O. The fourth-order valence-electron chi connectivity index (χ4n) is 1.46. The molecule has 5 nitrogen and oxygen atoms in total. The molecule has 1 heterocycles. The third-order valence-electron chi connectivity index (χ3n) is 2.44. The van der Waals surface area contributed by atoms with Gasteiger partial charge in [-0.2, -0.15) is 0 Å². The average Bonchev–Trinajstić information content (AvgIpc) is 2.43. The Balaban J connectivity index is 2.24. The van der Waals surface area contributed by atoms with E-state index < -0.39 is 11.7 Å². The lowest BCUT2D eigenvalue weighted by atomic mass is 10.2. The van der Waals surface area contributed by atoms with Crippen LogP contribution in [0.2, 0.25) is 10.0 Å². The van der Waals surface area contributed by atoms with E-state index in [1.54, 1.807) is 0 Å². The van der Waals surface area contributed by atoms with E-state index in [-0.39, 0.29) is 27.1 Å². The first-order chi connectivity index (χ1) is 9.52. The van der Waals surface area contributed by atoms with Crippen molar-refractivity contribution < 1.29 is 9.18 Å². The van der Waals surface area contributed by atoms with Gasteiger partial charge < -0.3 is 10.7 Å². The predicted molar refractivity (Wildman–Crippen MR) is 76.4 cm³/mol. The fraction of sp³-hybridized carbons (Fsp3) is 0. The van der Waals surface area contributed by atoms with Crippen LogP contribution in [0.3, 0.4) is 0 Å². The van der Waals surface area contributed by atoms with Gasteiger partial charge in [-0.3, -0.25) is 4.79 Å². The van der Waals surface area contributed by atoms with Gasteiger partial charge in [-0.15, -0.1) is 0 Å². The molecule has 1 amide bonds. The first-order valence-electron chi connectivity index (χ1n) is 5.40. The van der Waals surface area contributed by atoms with Crippen molar-refractivity contribution in [1.29, 1.82) is 0 Å². The SMILES string of the molecule is NNc1ncc(C(=O)Nc2cccc(Cl)c2F)cc1Cl. The highest BCUT2D eigenvalue weighted by molar-refractivity contribution is 6.33. The van der Waals surface area contributed by atoms with Gasteiger partial charge in [0.05, 0.1) is 21.3 Å². The highest BCUT2D eigenvalue weighted by atomic mass is 35.5. The van der Waals surface area contributed by atoms with E-state index in [0.29, 0.717) is 0 Å². The number of pyridine rings is 1. The molecule has 2 rings (SSSR count). The largest absolute Gasteiger partial charge is 0.319 e. The monoisotopic (exact) mass is 314 g/mol. The zero-order chi connectivity index (χ0) is 14.7. The lowest BCUT2D eigenvalue weighted by Gasteiger charge is -2.08. The van der Waals surface area contributed by atoms with Crippen molar-refractivity contribution in [2.45, 2.75) is 0 Å². The molecule has 104 valence electrons. The molecule has 0 saturated heterocycles. The normalized spacial score (nSPS) is 10.2. The smallest absolute Gasteiger partial charge is 0.257 e. The van der Waals surface area contributed by atoms with Crippen molar-refractivity contribution in [3.63, 3.8) is 0 Å². The maximum atomic E-state index is 13.7. The molecular weight excluding hydrogens is 306 g/mol.